The summed E-state index contributed by atoms with van der Waals surface area (Å²) in [7, 11) is 4.48. The third-order valence-electron chi connectivity index (χ3n) is 5.87. The van der Waals surface area contributed by atoms with Crippen molar-refractivity contribution >= 4 is 29.1 Å². The molecule has 1 unspecified atom stereocenters. The van der Waals surface area contributed by atoms with E-state index < -0.39 is 12.0 Å². The van der Waals surface area contributed by atoms with Crippen LogP contribution in [0.5, 0.6) is 17.2 Å². The number of allylic oxidation sites excluding steroid dienone is 1. The maximum atomic E-state index is 13.8. The average molecular weight is 524 g/mol. The van der Waals surface area contributed by atoms with Gasteiger partial charge in [-0.15, -0.1) is 4.91 Å². The molecule has 11 heteroatoms. The van der Waals surface area contributed by atoms with Gasteiger partial charge in [-0.25, -0.2) is 9.79 Å². The van der Waals surface area contributed by atoms with Crippen LogP contribution in [-0.2, 0) is 9.53 Å². The molecule has 1 aliphatic rings. The molecule has 3 aromatic rings. The third kappa shape index (κ3) is 4.77. The molecule has 10 nitrogen and oxygen atoms in total. The zero-order chi connectivity index (χ0) is 26.7. The van der Waals surface area contributed by atoms with E-state index in [-0.39, 0.29) is 23.4 Å². The number of hydrogen-bond donors (Lipinski definition) is 0. The SMILES string of the molecule is CCOC(=O)C1=C(C)N=c2sc(=Cc3cc(OC)c(OC)cc3N=O)c(=O)n2C1c1ccc(OC)cc1. The summed E-state index contributed by atoms with van der Waals surface area (Å²) < 4.78 is 22.9. The van der Waals surface area contributed by atoms with Gasteiger partial charge in [-0.2, -0.15) is 0 Å². The summed E-state index contributed by atoms with van der Waals surface area (Å²) in [5.74, 6) is 0.804. The molecule has 0 spiro atoms. The standard InChI is InChI=1S/C26H25N3O7S/c1-6-36-25(31)22-14(2)27-26-29(23(22)15-7-9-17(33-3)10-8-15)24(30)21(37-26)12-16-11-19(34-4)20(35-5)13-18(16)28-32/h7-13,23H,6H2,1-5H3. The average Bonchev–Trinajstić information content (AvgIpc) is 3.21. The van der Waals surface area contributed by atoms with Crippen LogP contribution in [-0.4, -0.2) is 38.5 Å². The molecule has 0 N–H and O–H groups in total. The highest BCUT2D eigenvalue weighted by atomic mass is 32.1. The van der Waals surface area contributed by atoms with E-state index in [0.717, 1.165) is 11.3 Å². The number of carbonyl (C=O) groups is 1. The first kappa shape index (κ1) is 25.8. The predicted molar refractivity (Wildman–Crippen MR) is 138 cm³/mol. The molecule has 0 saturated heterocycles. The zero-order valence-corrected chi connectivity index (χ0v) is 21.8. The molecule has 0 bridgehead atoms. The first-order chi connectivity index (χ1) is 17.9. The van der Waals surface area contributed by atoms with Crippen LogP contribution in [0.4, 0.5) is 5.69 Å². The molecule has 0 saturated carbocycles. The van der Waals surface area contributed by atoms with E-state index in [1.54, 1.807) is 57.4 Å². The van der Waals surface area contributed by atoms with Gasteiger partial charge >= 0.3 is 5.97 Å². The number of nitroso groups, excluding NO2 is 1. The van der Waals surface area contributed by atoms with Gasteiger partial charge in [-0.05, 0) is 48.9 Å². The molecule has 0 fully saturated rings. The lowest BCUT2D eigenvalue weighted by Gasteiger charge is -2.24. The molecule has 0 aliphatic carbocycles. The first-order valence-corrected chi connectivity index (χ1v) is 12.1. The van der Waals surface area contributed by atoms with Crippen molar-refractivity contribution < 1.29 is 23.7 Å². The number of ether oxygens (including phenoxy) is 4. The van der Waals surface area contributed by atoms with E-state index in [2.05, 4.69) is 10.2 Å². The molecule has 2 heterocycles. The van der Waals surface area contributed by atoms with Crippen molar-refractivity contribution in [3.8, 4) is 17.2 Å². The second-order valence-corrected chi connectivity index (χ2v) is 8.94. The van der Waals surface area contributed by atoms with E-state index in [1.807, 2.05) is 0 Å². The van der Waals surface area contributed by atoms with Gasteiger partial charge in [0.05, 0.1) is 49.8 Å². The molecular formula is C26H25N3O7S. The lowest BCUT2D eigenvalue weighted by molar-refractivity contribution is -0.139. The van der Waals surface area contributed by atoms with E-state index in [0.29, 0.717) is 43.4 Å². The van der Waals surface area contributed by atoms with Crippen molar-refractivity contribution in [2.45, 2.75) is 19.9 Å². The maximum Gasteiger partial charge on any atom is 0.338 e. The highest BCUT2D eigenvalue weighted by Gasteiger charge is 2.33. The summed E-state index contributed by atoms with van der Waals surface area (Å²) in [6.45, 7) is 3.60. The van der Waals surface area contributed by atoms with Crippen molar-refractivity contribution in [1.29, 1.82) is 0 Å². The van der Waals surface area contributed by atoms with Crippen LogP contribution in [0.1, 0.15) is 31.0 Å². The van der Waals surface area contributed by atoms with Gasteiger partial charge in [0, 0.05) is 11.6 Å². The lowest BCUT2D eigenvalue weighted by atomic mass is 9.96. The number of thiazole rings is 1. The summed E-state index contributed by atoms with van der Waals surface area (Å²) in [5.41, 5.74) is 1.48. The second-order valence-electron chi connectivity index (χ2n) is 7.93. The van der Waals surface area contributed by atoms with Crippen LogP contribution >= 0.6 is 11.3 Å². The second kappa shape index (κ2) is 10.8. The first-order valence-electron chi connectivity index (χ1n) is 11.3. The fourth-order valence-corrected chi connectivity index (χ4v) is 5.15. The number of hydrogen-bond acceptors (Lipinski definition) is 10. The number of rotatable bonds is 8. The molecule has 4 rings (SSSR count). The van der Waals surface area contributed by atoms with Crippen LogP contribution in [0.2, 0.25) is 0 Å². The molecule has 192 valence electrons. The van der Waals surface area contributed by atoms with Crippen LogP contribution in [0, 0.1) is 4.91 Å². The minimum Gasteiger partial charge on any atom is -0.497 e. The molecule has 37 heavy (non-hydrogen) atoms. The monoisotopic (exact) mass is 523 g/mol. The van der Waals surface area contributed by atoms with Gasteiger partial charge in [0.1, 0.15) is 11.4 Å². The van der Waals surface area contributed by atoms with Gasteiger partial charge < -0.3 is 18.9 Å². The van der Waals surface area contributed by atoms with Gasteiger partial charge in [0.15, 0.2) is 16.3 Å². The van der Waals surface area contributed by atoms with Crippen LogP contribution < -0.4 is 29.1 Å². The number of esters is 1. The molecule has 0 radical (unpaired) electrons. The highest BCUT2D eigenvalue weighted by Crippen LogP contribution is 2.35. The van der Waals surface area contributed by atoms with Gasteiger partial charge in [0.25, 0.3) is 5.56 Å². The van der Waals surface area contributed by atoms with E-state index in [1.165, 1.54) is 24.9 Å². The zero-order valence-electron chi connectivity index (χ0n) is 20.9. The van der Waals surface area contributed by atoms with Crippen LogP contribution in [0.3, 0.4) is 0 Å². The van der Waals surface area contributed by atoms with E-state index in [4.69, 9.17) is 18.9 Å². The Kier molecular flexibility index (Phi) is 7.53. The van der Waals surface area contributed by atoms with Crippen molar-refractivity contribution in [1.82, 2.24) is 4.57 Å². The van der Waals surface area contributed by atoms with Gasteiger partial charge in [0.2, 0.25) is 0 Å². The Morgan fingerprint density at radius 2 is 1.78 bits per heavy atom. The number of aromatic nitrogens is 1. The van der Waals surface area contributed by atoms with Crippen molar-refractivity contribution in [3.05, 3.63) is 83.4 Å². The van der Waals surface area contributed by atoms with Gasteiger partial charge in [-0.3, -0.25) is 9.36 Å². The largest absolute Gasteiger partial charge is 0.497 e. The summed E-state index contributed by atoms with van der Waals surface area (Å²) in [5, 5.41) is 3.08. The molecule has 1 aliphatic heterocycles. The molecule has 2 aromatic carbocycles. The normalized spacial score (nSPS) is 15.1. The number of methoxy groups -OCH3 is 3. The summed E-state index contributed by atoms with van der Waals surface area (Å²) in [6.07, 6.45) is 1.55. The number of fused-ring (bicyclic) bond motifs is 1. The predicted octanol–water partition coefficient (Wildman–Crippen LogP) is 3.22. The van der Waals surface area contributed by atoms with E-state index >= 15 is 0 Å². The van der Waals surface area contributed by atoms with Crippen molar-refractivity contribution in [2.24, 2.45) is 10.2 Å². The number of nitrogens with zero attached hydrogens (tertiary/aromatic N) is 3. The summed E-state index contributed by atoms with van der Waals surface area (Å²) in [6, 6.07) is 9.35. The van der Waals surface area contributed by atoms with Crippen LogP contribution in [0.25, 0.3) is 6.08 Å². The Morgan fingerprint density at radius 3 is 2.38 bits per heavy atom. The summed E-state index contributed by atoms with van der Waals surface area (Å²) >= 11 is 1.14. The Morgan fingerprint density at radius 1 is 1.11 bits per heavy atom. The Balaban J connectivity index is 1.96. The minimum atomic E-state index is -0.766. The van der Waals surface area contributed by atoms with Gasteiger partial charge in [-0.1, -0.05) is 23.5 Å². The minimum absolute atomic E-state index is 0.0820. The number of carbonyl (C=O) groups excluding carboxylic acids is 1. The van der Waals surface area contributed by atoms with Crippen molar-refractivity contribution in [2.75, 3.05) is 27.9 Å². The topological polar surface area (TPSA) is 118 Å². The van der Waals surface area contributed by atoms with Crippen molar-refractivity contribution in [3.63, 3.8) is 0 Å². The number of benzene rings is 2. The quantitative estimate of drug-likeness (QED) is 0.329. The Hall–Kier alpha value is -4.25. The maximum absolute atomic E-state index is 13.8. The highest BCUT2D eigenvalue weighted by molar-refractivity contribution is 7.07. The molecule has 0 amide bonds. The fourth-order valence-electron chi connectivity index (χ4n) is 4.11. The fraction of sp³-hybridized carbons (Fsp3) is 0.269. The smallest absolute Gasteiger partial charge is 0.338 e. The summed E-state index contributed by atoms with van der Waals surface area (Å²) in [4.78, 5) is 43.2. The third-order valence-corrected chi connectivity index (χ3v) is 6.85. The molecular weight excluding hydrogens is 498 g/mol. The Bertz CT molecular complexity index is 1570. The molecule has 1 atom stereocenters. The van der Waals surface area contributed by atoms with E-state index in [9.17, 15) is 14.5 Å². The Labute approximate surface area is 216 Å². The van der Waals surface area contributed by atoms with Crippen LogP contribution in [0.15, 0.2) is 62.6 Å². The lowest BCUT2D eigenvalue weighted by Crippen LogP contribution is -2.39. The molecule has 1 aromatic heterocycles.